The lowest BCUT2D eigenvalue weighted by atomic mass is 10.2. The Morgan fingerprint density at radius 1 is 1.08 bits per heavy atom. The lowest BCUT2D eigenvalue weighted by Crippen LogP contribution is -2.29. The van der Waals surface area contributed by atoms with Crippen LogP contribution in [0.4, 0.5) is 4.39 Å². The number of carbonyl (C=O) groups excluding carboxylic acids is 1. The molecule has 3 aromatic rings. The van der Waals surface area contributed by atoms with E-state index in [4.69, 9.17) is 0 Å². The minimum absolute atomic E-state index is 0.145. The van der Waals surface area contributed by atoms with Gasteiger partial charge in [0.15, 0.2) is 11.5 Å². The van der Waals surface area contributed by atoms with Crippen molar-refractivity contribution in [1.82, 2.24) is 24.7 Å². The van der Waals surface area contributed by atoms with Crippen molar-refractivity contribution < 1.29 is 9.18 Å². The van der Waals surface area contributed by atoms with Crippen LogP contribution in [-0.2, 0) is 4.79 Å². The SMILES string of the molecule is O=C(CSc1ccc2nnc(-c3ccc(F)cc3)n2n1)N1CCCC1. The van der Waals surface area contributed by atoms with Gasteiger partial charge in [-0.1, -0.05) is 11.8 Å². The molecule has 0 N–H and O–H groups in total. The number of hydrogen-bond donors (Lipinski definition) is 0. The summed E-state index contributed by atoms with van der Waals surface area (Å²) in [4.78, 5) is 14.1. The van der Waals surface area contributed by atoms with Crippen LogP contribution in [0, 0.1) is 5.82 Å². The summed E-state index contributed by atoms with van der Waals surface area (Å²) < 4.78 is 14.7. The van der Waals surface area contributed by atoms with Gasteiger partial charge in [-0.05, 0) is 49.2 Å². The molecular weight excluding hydrogens is 341 g/mol. The number of thioether (sulfide) groups is 1. The third-order valence-corrected chi connectivity index (χ3v) is 5.05. The second kappa shape index (κ2) is 6.79. The molecule has 6 nitrogen and oxygen atoms in total. The molecular formula is C17H16FN5OS. The molecule has 0 spiro atoms. The highest BCUT2D eigenvalue weighted by Crippen LogP contribution is 2.21. The molecule has 1 amide bonds. The van der Waals surface area contributed by atoms with Crippen molar-refractivity contribution in [3.05, 3.63) is 42.2 Å². The molecule has 8 heteroatoms. The zero-order valence-corrected chi connectivity index (χ0v) is 14.2. The normalized spacial score (nSPS) is 14.4. The number of carbonyl (C=O) groups is 1. The van der Waals surface area contributed by atoms with Crippen LogP contribution in [0.3, 0.4) is 0 Å². The Bertz CT molecular complexity index is 905. The molecule has 0 saturated carbocycles. The molecule has 1 aromatic carbocycles. The zero-order chi connectivity index (χ0) is 17.2. The summed E-state index contributed by atoms with van der Waals surface area (Å²) in [5, 5.41) is 13.5. The van der Waals surface area contributed by atoms with Crippen LogP contribution in [0.5, 0.6) is 0 Å². The predicted octanol–water partition coefficient (Wildman–Crippen LogP) is 2.64. The van der Waals surface area contributed by atoms with Crippen molar-refractivity contribution >= 4 is 23.3 Å². The van der Waals surface area contributed by atoms with E-state index in [1.165, 1.54) is 23.9 Å². The van der Waals surface area contributed by atoms with Crippen LogP contribution in [0.2, 0.25) is 0 Å². The predicted molar refractivity (Wildman–Crippen MR) is 92.7 cm³/mol. The summed E-state index contributed by atoms with van der Waals surface area (Å²) in [5.41, 5.74) is 1.34. The molecule has 2 aromatic heterocycles. The lowest BCUT2D eigenvalue weighted by molar-refractivity contribution is -0.127. The Balaban J connectivity index is 1.55. The smallest absolute Gasteiger partial charge is 0.232 e. The standard InChI is InChI=1S/C17H16FN5OS/c18-13-5-3-12(4-6-13)17-20-19-14-7-8-15(21-23(14)17)25-11-16(24)22-9-1-2-10-22/h3-8H,1-2,9-11H2. The molecule has 1 saturated heterocycles. The second-order valence-corrected chi connectivity index (χ2v) is 6.84. The number of hydrogen-bond acceptors (Lipinski definition) is 5. The highest BCUT2D eigenvalue weighted by Gasteiger charge is 2.18. The number of aromatic nitrogens is 4. The molecule has 128 valence electrons. The molecule has 1 fully saturated rings. The van der Waals surface area contributed by atoms with E-state index < -0.39 is 0 Å². The van der Waals surface area contributed by atoms with Gasteiger partial charge in [0.25, 0.3) is 0 Å². The molecule has 4 rings (SSSR count). The van der Waals surface area contributed by atoms with Crippen molar-refractivity contribution in [2.75, 3.05) is 18.8 Å². The highest BCUT2D eigenvalue weighted by molar-refractivity contribution is 7.99. The Morgan fingerprint density at radius 2 is 1.84 bits per heavy atom. The van der Waals surface area contributed by atoms with Crippen LogP contribution >= 0.6 is 11.8 Å². The first-order valence-electron chi connectivity index (χ1n) is 8.10. The van der Waals surface area contributed by atoms with Gasteiger partial charge in [0.05, 0.1) is 5.75 Å². The highest BCUT2D eigenvalue weighted by atomic mass is 32.2. The average molecular weight is 357 g/mol. The Labute approximate surface area is 148 Å². The third-order valence-electron chi connectivity index (χ3n) is 4.14. The van der Waals surface area contributed by atoms with Crippen molar-refractivity contribution in [3.63, 3.8) is 0 Å². The van der Waals surface area contributed by atoms with E-state index in [1.54, 1.807) is 16.6 Å². The molecule has 0 radical (unpaired) electrons. The van der Waals surface area contributed by atoms with Gasteiger partial charge in [0.2, 0.25) is 5.91 Å². The topological polar surface area (TPSA) is 63.4 Å². The van der Waals surface area contributed by atoms with Crippen LogP contribution in [0.15, 0.2) is 41.4 Å². The third kappa shape index (κ3) is 3.34. The summed E-state index contributed by atoms with van der Waals surface area (Å²) >= 11 is 1.40. The Hall–Kier alpha value is -2.48. The fourth-order valence-electron chi connectivity index (χ4n) is 2.82. The van der Waals surface area contributed by atoms with Crippen LogP contribution < -0.4 is 0 Å². The number of fused-ring (bicyclic) bond motifs is 1. The van der Waals surface area contributed by atoms with Gasteiger partial charge >= 0.3 is 0 Å². The maximum absolute atomic E-state index is 13.1. The molecule has 0 aliphatic carbocycles. The molecule has 0 atom stereocenters. The Morgan fingerprint density at radius 3 is 2.60 bits per heavy atom. The van der Waals surface area contributed by atoms with E-state index in [1.807, 2.05) is 17.0 Å². The number of benzene rings is 1. The lowest BCUT2D eigenvalue weighted by Gasteiger charge is -2.14. The minimum atomic E-state index is -0.304. The van der Waals surface area contributed by atoms with Gasteiger partial charge in [-0.2, -0.15) is 9.61 Å². The van der Waals surface area contributed by atoms with Crippen LogP contribution in [0.25, 0.3) is 17.0 Å². The minimum Gasteiger partial charge on any atom is -0.342 e. The largest absolute Gasteiger partial charge is 0.342 e. The summed E-state index contributed by atoms with van der Waals surface area (Å²) in [5.74, 6) is 0.754. The van der Waals surface area contributed by atoms with Crippen molar-refractivity contribution in [3.8, 4) is 11.4 Å². The Kier molecular flexibility index (Phi) is 4.35. The first-order chi connectivity index (χ1) is 12.2. The number of amides is 1. The average Bonchev–Trinajstić information content (AvgIpc) is 3.30. The van der Waals surface area contributed by atoms with E-state index >= 15 is 0 Å². The van der Waals surface area contributed by atoms with Crippen LogP contribution in [-0.4, -0.2) is 49.5 Å². The summed E-state index contributed by atoms with van der Waals surface area (Å²) in [6.45, 7) is 1.71. The maximum atomic E-state index is 13.1. The number of rotatable bonds is 4. The first-order valence-corrected chi connectivity index (χ1v) is 9.08. The van der Waals surface area contributed by atoms with Crippen molar-refractivity contribution in [2.45, 2.75) is 17.9 Å². The number of halogens is 1. The molecule has 25 heavy (non-hydrogen) atoms. The molecule has 1 aliphatic heterocycles. The summed E-state index contributed by atoms with van der Waals surface area (Å²) in [6, 6.07) is 9.69. The summed E-state index contributed by atoms with van der Waals surface area (Å²) in [7, 11) is 0. The first kappa shape index (κ1) is 16.0. The second-order valence-electron chi connectivity index (χ2n) is 5.85. The molecule has 0 unspecified atom stereocenters. The molecule has 1 aliphatic rings. The fraction of sp³-hybridized carbons (Fsp3) is 0.294. The van der Waals surface area contributed by atoms with E-state index in [0.29, 0.717) is 17.2 Å². The van der Waals surface area contributed by atoms with Gasteiger partial charge in [-0.3, -0.25) is 4.79 Å². The molecule has 3 heterocycles. The van der Waals surface area contributed by atoms with Gasteiger partial charge in [-0.15, -0.1) is 10.2 Å². The van der Waals surface area contributed by atoms with Gasteiger partial charge in [0, 0.05) is 18.7 Å². The number of nitrogens with zero attached hydrogens (tertiary/aromatic N) is 5. The van der Waals surface area contributed by atoms with Crippen molar-refractivity contribution in [2.24, 2.45) is 0 Å². The van der Waals surface area contributed by atoms with E-state index in [2.05, 4.69) is 15.3 Å². The van der Waals surface area contributed by atoms with Gasteiger partial charge in [-0.25, -0.2) is 4.39 Å². The zero-order valence-electron chi connectivity index (χ0n) is 13.4. The van der Waals surface area contributed by atoms with Gasteiger partial charge < -0.3 is 4.90 Å². The van der Waals surface area contributed by atoms with Crippen LogP contribution in [0.1, 0.15) is 12.8 Å². The maximum Gasteiger partial charge on any atom is 0.232 e. The summed E-state index contributed by atoms with van der Waals surface area (Å²) in [6.07, 6.45) is 2.17. The quantitative estimate of drug-likeness (QED) is 0.672. The van der Waals surface area contributed by atoms with E-state index in [9.17, 15) is 9.18 Å². The monoisotopic (exact) mass is 357 g/mol. The number of likely N-dealkylation sites (tertiary alicyclic amines) is 1. The van der Waals surface area contributed by atoms with Crippen molar-refractivity contribution in [1.29, 1.82) is 0 Å². The fourth-order valence-corrected chi connectivity index (χ4v) is 3.58. The van der Waals surface area contributed by atoms with E-state index in [-0.39, 0.29) is 11.7 Å². The van der Waals surface area contributed by atoms with Gasteiger partial charge in [0.1, 0.15) is 10.8 Å². The van der Waals surface area contributed by atoms with E-state index in [0.717, 1.165) is 36.5 Å². The molecule has 0 bridgehead atoms.